The summed E-state index contributed by atoms with van der Waals surface area (Å²) < 4.78 is 146. The summed E-state index contributed by atoms with van der Waals surface area (Å²) in [5, 5.41) is 12.7. The molecule has 0 saturated carbocycles. The van der Waals surface area contributed by atoms with Crippen molar-refractivity contribution >= 4 is 69.4 Å². The van der Waals surface area contributed by atoms with Crippen LogP contribution >= 0.6 is 0 Å². The number of nitrogens with zero attached hydrogens (tertiary/aromatic N) is 3. The van der Waals surface area contributed by atoms with Crippen LogP contribution in [0.3, 0.4) is 0 Å². The van der Waals surface area contributed by atoms with Crippen LogP contribution in [0.1, 0.15) is 89.3 Å². The van der Waals surface area contributed by atoms with E-state index >= 15 is 0 Å². The molecule has 3 heterocycles. The summed E-state index contributed by atoms with van der Waals surface area (Å²) in [5.41, 5.74) is 4.65. The summed E-state index contributed by atoms with van der Waals surface area (Å²) >= 11 is 0. The van der Waals surface area contributed by atoms with Crippen LogP contribution < -0.4 is 10.2 Å². The van der Waals surface area contributed by atoms with Gasteiger partial charge in [-0.15, -0.1) is 0 Å². The van der Waals surface area contributed by atoms with Gasteiger partial charge in [-0.1, -0.05) is 43.7 Å². The molecule has 3 aliphatic heterocycles. The number of aliphatic carboxylic acids is 1. The number of aryl methyl sites for hydroxylation is 1. The van der Waals surface area contributed by atoms with Gasteiger partial charge in [-0.3, -0.25) is 9.59 Å². The van der Waals surface area contributed by atoms with Gasteiger partial charge in [0.1, 0.15) is 22.7 Å². The normalized spacial score (nSPS) is 20.5. The first kappa shape index (κ1) is 53.6. The van der Waals surface area contributed by atoms with Crippen LogP contribution in [0.4, 0.5) is 11.4 Å². The average Bonchev–Trinajstić information content (AvgIpc) is 3.57. The lowest BCUT2D eigenvalue weighted by atomic mass is 9.81. The molecule has 6 rings (SSSR count). The van der Waals surface area contributed by atoms with E-state index in [2.05, 4.69) is 5.32 Å². The van der Waals surface area contributed by atoms with E-state index in [-0.39, 0.29) is 51.9 Å². The highest BCUT2D eigenvalue weighted by atomic mass is 32.2. The first-order valence-electron chi connectivity index (χ1n) is 22.4. The molecule has 1 unspecified atom stereocenters. The minimum absolute atomic E-state index is 0.00111. The molecule has 2 aromatic carbocycles. The predicted octanol–water partition coefficient (Wildman–Crippen LogP) is 3.57. The second-order valence-electron chi connectivity index (χ2n) is 19.0. The highest BCUT2D eigenvalue weighted by Gasteiger charge is 2.45. The number of amides is 1. The predicted molar refractivity (Wildman–Crippen MR) is 252 cm³/mol. The lowest BCUT2D eigenvalue weighted by molar-refractivity contribution is -0.437. The van der Waals surface area contributed by atoms with E-state index in [1.54, 1.807) is 36.7 Å². The van der Waals surface area contributed by atoms with E-state index in [0.717, 1.165) is 28.6 Å². The van der Waals surface area contributed by atoms with Gasteiger partial charge in [-0.05, 0) is 100 Å². The quantitative estimate of drug-likeness (QED) is 0.159. The van der Waals surface area contributed by atoms with Gasteiger partial charge in [0.25, 0.3) is 0 Å². The Morgan fingerprint density at radius 1 is 0.826 bits per heavy atom. The van der Waals surface area contributed by atoms with E-state index in [1.807, 2.05) is 49.9 Å². The van der Waals surface area contributed by atoms with E-state index in [4.69, 9.17) is 0 Å². The van der Waals surface area contributed by atoms with Crippen LogP contribution in [0, 0.1) is 12.8 Å². The van der Waals surface area contributed by atoms with E-state index in [0.29, 0.717) is 53.1 Å². The summed E-state index contributed by atoms with van der Waals surface area (Å²) in [6, 6.07) is 8.07. The molecular formula is C46H57N4O15S4-3. The van der Waals surface area contributed by atoms with Crippen molar-refractivity contribution in [3.05, 3.63) is 99.9 Å². The van der Waals surface area contributed by atoms with Gasteiger partial charge >= 0.3 is 5.97 Å². The van der Waals surface area contributed by atoms with Gasteiger partial charge in [0.2, 0.25) is 11.6 Å². The van der Waals surface area contributed by atoms with Crippen LogP contribution in [0.15, 0.2) is 88.1 Å². The van der Waals surface area contributed by atoms with E-state index in [1.165, 1.54) is 17.0 Å². The van der Waals surface area contributed by atoms with Gasteiger partial charge < -0.3 is 38.4 Å². The van der Waals surface area contributed by atoms with Crippen molar-refractivity contribution in [2.24, 2.45) is 5.92 Å². The number of nitrogens with one attached hydrogen (secondary N) is 1. The summed E-state index contributed by atoms with van der Waals surface area (Å²) in [7, 11) is -19.1. The average molecular weight is 1030 g/mol. The first-order valence-corrected chi connectivity index (χ1v) is 28.6. The van der Waals surface area contributed by atoms with Crippen molar-refractivity contribution in [1.82, 2.24) is 10.2 Å². The van der Waals surface area contributed by atoms with Gasteiger partial charge in [-0.25, -0.2) is 33.7 Å². The molecular weight excluding hydrogens is 977 g/mol. The number of allylic oxidation sites excluding steroid dienone is 7. The monoisotopic (exact) mass is 1030 g/mol. The summed E-state index contributed by atoms with van der Waals surface area (Å²) in [6.07, 6.45) is 8.47. The summed E-state index contributed by atoms with van der Waals surface area (Å²) in [6.45, 7) is 9.65. The lowest BCUT2D eigenvalue weighted by Crippen LogP contribution is -2.52. The van der Waals surface area contributed by atoms with Gasteiger partial charge in [-0.2, -0.15) is 4.58 Å². The first-order chi connectivity index (χ1) is 31.9. The fourth-order valence-corrected chi connectivity index (χ4v) is 11.9. The third-order valence-corrected chi connectivity index (χ3v) is 16.5. The van der Waals surface area contributed by atoms with Crippen LogP contribution in [-0.2, 0) is 60.9 Å². The van der Waals surface area contributed by atoms with Crippen molar-refractivity contribution in [2.45, 2.75) is 101 Å². The highest BCUT2D eigenvalue weighted by Crippen LogP contribution is 2.48. The third kappa shape index (κ3) is 12.8. The molecule has 4 aliphatic rings. The zero-order valence-corrected chi connectivity index (χ0v) is 42.2. The molecule has 0 aromatic heterocycles. The van der Waals surface area contributed by atoms with Crippen LogP contribution in [0.2, 0.25) is 0 Å². The number of piperidine rings is 1. The fraction of sp³-hybridized carbons (Fsp3) is 0.500. The van der Waals surface area contributed by atoms with Gasteiger partial charge in [0, 0.05) is 77.8 Å². The Kier molecular flexibility index (Phi) is 15.7. The maximum absolute atomic E-state index is 14.3. The number of likely N-dealkylation sites (tertiary alicyclic amines) is 1. The number of carboxylic acid groups (broad SMARTS) is 1. The van der Waals surface area contributed by atoms with Crippen molar-refractivity contribution in [1.29, 1.82) is 0 Å². The number of anilines is 1. The molecule has 1 saturated heterocycles. The maximum atomic E-state index is 14.3. The molecule has 1 fully saturated rings. The SMILES string of the molecule is Cc1ccc2c(c1)C(C)(C)/C(=C/C=C1\CCCC(/C=C/C3=[N+](CCCS(=O)(=O)[O-])c4ccc(S(=O)(=O)[O-])cc4C3(C)C)=C1NC(CS(=O)(=O)[O-])C(=O)N1CCC(C(=O)O)CC1)N2CCCS(=O)(=O)[O-]. The summed E-state index contributed by atoms with van der Waals surface area (Å²) in [5.74, 6) is -4.92. The van der Waals surface area contributed by atoms with E-state index < -0.39 is 97.3 Å². The molecule has 0 radical (unpaired) electrons. The Balaban J connectivity index is 1.52. The molecule has 378 valence electrons. The number of hydrogen-bond donors (Lipinski definition) is 2. The minimum atomic E-state index is -5.07. The summed E-state index contributed by atoms with van der Waals surface area (Å²) in [4.78, 5) is 28.8. The molecule has 23 heteroatoms. The molecule has 69 heavy (non-hydrogen) atoms. The molecule has 1 amide bonds. The van der Waals surface area contributed by atoms with Crippen LogP contribution in [0.25, 0.3) is 0 Å². The molecule has 2 N–H and O–H groups in total. The molecule has 2 aromatic rings. The van der Waals surface area contributed by atoms with E-state index in [9.17, 15) is 66.6 Å². The number of hydrogen-bond acceptors (Lipinski definition) is 16. The minimum Gasteiger partial charge on any atom is -0.748 e. The van der Waals surface area contributed by atoms with Crippen LogP contribution in [0.5, 0.6) is 0 Å². The zero-order valence-electron chi connectivity index (χ0n) is 39.0. The number of benzene rings is 2. The Morgan fingerprint density at radius 2 is 1.48 bits per heavy atom. The Bertz CT molecular complexity index is 3020. The lowest BCUT2D eigenvalue weighted by Gasteiger charge is -2.35. The topological polar surface area (TPSA) is 305 Å². The maximum Gasteiger partial charge on any atom is 0.306 e. The molecule has 1 aliphatic carbocycles. The standard InChI is InChI=1S/C46H60N4O15S4/c1-30-11-15-38-35(27-30)45(2,3)40(49(38)21-7-25-66(54,55)56)17-12-31-9-6-10-32(42(31)47-37(29-68(60,61)62)43(51)48-23-19-33(20-24-48)44(52)53)13-18-41-46(4,5)36-28-34(69(63,64)65)14-16-39(36)50(41)22-8-26-67(57,58)59/h11-18,27-28,33,37H,6-10,19-26,29H2,1-5H3,(H5,52,53,54,55,56,57,58,59,60,61,62,63,64,65)/p-3/b31-12+,40-17-. The number of rotatable bonds is 18. The second kappa shape index (κ2) is 20.2. The number of carbonyl (C=O) groups excluding carboxylic acids is 1. The highest BCUT2D eigenvalue weighted by molar-refractivity contribution is 7.86. The fourth-order valence-electron chi connectivity index (χ4n) is 9.80. The second-order valence-corrected chi connectivity index (χ2v) is 24.9. The number of carbonyl (C=O) groups is 2. The Morgan fingerprint density at radius 3 is 2.09 bits per heavy atom. The molecule has 0 spiro atoms. The molecule has 19 nitrogen and oxygen atoms in total. The number of carboxylic acids is 1. The van der Waals surface area contributed by atoms with Crippen molar-refractivity contribution in [2.75, 3.05) is 48.3 Å². The Labute approximate surface area is 404 Å². The van der Waals surface area contributed by atoms with Gasteiger partial charge in [0.05, 0.1) is 52.3 Å². The molecule has 0 bridgehead atoms. The van der Waals surface area contributed by atoms with Crippen LogP contribution in [-0.4, -0.2) is 134 Å². The largest absolute Gasteiger partial charge is 0.748 e. The number of fused-ring (bicyclic) bond motifs is 2. The molecule has 1 atom stereocenters. The zero-order chi connectivity index (χ0) is 51.1. The Hall–Kier alpha value is -4.75. The van der Waals surface area contributed by atoms with Crippen molar-refractivity contribution in [3.8, 4) is 0 Å². The van der Waals surface area contributed by atoms with Gasteiger partial charge in [0.15, 0.2) is 5.71 Å². The van der Waals surface area contributed by atoms with Crippen molar-refractivity contribution in [3.63, 3.8) is 0 Å². The third-order valence-electron chi connectivity index (χ3n) is 13.3. The smallest absolute Gasteiger partial charge is 0.306 e. The van der Waals surface area contributed by atoms with Crippen molar-refractivity contribution < 1.29 is 71.2 Å².